The fraction of sp³-hybridized carbons (Fsp3) is 0.316. The van der Waals surface area contributed by atoms with Crippen LogP contribution in [0.5, 0.6) is 5.75 Å². The Morgan fingerprint density at radius 2 is 1.96 bits per heavy atom. The number of furan rings is 1. The van der Waals surface area contributed by atoms with Crippen LogP contribution in [0.3, 0.4) is 0 Å². The summed E-state index contributed by atoms with van der Waals surface area (Å²) in [5, 5.41) is 12.1. The Morgan fingerprint density at radius 1 is 1.19 bits per heavy atom. The van der Waals surface area contributed by atoms with Crippen LogP contribution in [0.4, 0.5) is 0 Å². The van der Waals surface area contributed by atoms with Gasteiger partial charge in [-0.1, -0.05) is 12.1 Å². The third kappa shape index (κ3) is 3.25. The summed E-state index contributed by atoms with van der Waals surface area (Å²) < 4.78 is 5.13. The molecule has 0 aliphatic carbocycles. The predicted molar refractivity (Wildman–Crippen MR) is 93.9 cm³/mol. The maximum Gasteiger partial charge on any atom is 0.289 e. The lowest BCUT2D eigenvalue weighted by atomic mass is 9.98. The van der Waals surface area contributed by atoms with E-state index in [2.05, 4.69) is 5.32 Å². The van der Waals surface area contributed by atoms with Gasteiger partial charge in [0.25, 0.3) is 5.91 Å². The highest BCUT2D eigenvalue weighted by Crippen LogP contribution is 2.20. The van der Waals surface area contributed by atoms with Crippen LogP contribution in [0, 0.1) is 0 Å². The lowest BCUT2D eigenvalue weighted by Gasteiger charge is -2.45. The minimum absolute atomic E-state index is 0.142. The van der Waals surface area contributed by atoms with Gasteiger partial charge in [-0.2, -0.15) is 0 Å². The average Bonchev–Trinajstić information content (AvgIpc) is 3.21. The van der Waals surface area contributed by atoms with Gasteiger partial charge in [-0.15, -0.1) is 0 Å². The monoisotopic (exact) mass is 369 g/mol. The fourth-order valence-corrected chi connectivity index (χ4v) is 3.55. The van der Waals surface area contributed by atoms with Gasteiger partial charge in [0.2, 0.25) is 11.8 Å². The van der Waals surface area contributed by atoms with Crippen LogP contribution in [0.25, 0.3) is 0 Å². The summed E-state index contributed by atoms with van der Waals surface area (Å²) in [7, 11) is 0. The van der Waals surface area contributed by atoms with E-state index in [-0.39, 0.29) is 35.8 Å². The minimum Gasteiger partial charge on any atom is -0.508 e. The molecule has 1 aromatic heterocycles. The smallest absolute Gasteiger partial charge is 0.289 e. The molecule has 8 heteroatoms. The lowest BCUT2D eigenvalue weighted by molar-refractivity contribution is -0.152. The van der Waals surface area contributed by atoms with Crippen LogP contribution >= 0.6 is 0 Å². The number of phenols is 1. The van der Waals surface area contributed by atoms with Crippen molar-refractivity contribution in [3.8, 4) is 5.75 Å². The van der Waals surface area contributed by atoms with Crippen molar-refractivity contribution in [1.82, 2.24) is 15.1 Å². The molecule has 3 heterocycles. The Hall–Kier alpha value is -3.29. The van der Waals surface area contributed by atoms with E-state index in [0.717, 1.165) is 5.56 Å². The van der Waals surface area contributed by atoms with Crippen molar-refractivity contribution < 1.29 is 23.9 Å². The van der Waals surface area contributed by atoms with Crippen molar-refractivity contribution in [3.05, 3.63) is 54.0 Å². The van der Waals surface area contributed by atoms with E-state index >= 15 is 0 Å². The molecular weight excluding hydrogens is 350 g/mol. The van der Waals surface area contributed by atoms with Crippen LogP contribution in [0.2, 0.25) is 0 Å². The van der Waals surface area contributed by atoms with E-state index in [9.17, 15) is 19.5 Å². The molecule has 8 nitrogen and oxygen atoms in total. The van der Waals surface area contributed by atoms with E-state index in [1.807, 2.05) is 0 Å². The van der Waals surface area contributed by atoms with Crippen molar-refractivity contribution in [1.29, 1.82) is 0 Å². The van der Waals surface area contributed by atoms with Gasteiger partial charge in [0.1, 0.15) is 17.8 Å². The molecule has 2 fully saturated rings. The normalized spacial score (nSPS) is 22.4. The Balaban J connectivity index is 1.45. The molecule has 2 atom stereocenters. The highest BCUT2D eigenvalue weighted by molar-refractivity contribution is 5.98. The Morgan fingerprint density at radius 3 is 2.67 bits per heavy atom. The molecule has 140 valence electrons. The number of piperazine rings is 2. The van der Waals surface area contributed by atoms with Crippen molar-refractivity contribution in [2.24, 2.45) is 0 Å². The summed E-state index contributed by atoms with van der Waals surface area (Å²) in [5.74, 6) is -0.342. The maximum absolute atomic E-state index is 12.8. The molecule has 2 aliphatic heterocycles. The number of nitrogens with one attached hydrogen (secondary N) is 1. The van der Waals surface area contributed by atoms with Gasteiger partial charge < -0.3 is 24.6 Å². The molecule has 2 aromatic rings. The fourth-order valence-electron chi connectivity index (χ4n) is 3.55. The zero-order valence-electron chi connectivity index (χ0n) is 14.5. The van der Waals surface area contributed by atoms with Gasteiger partial charge in [-0.25, -0.2) is 0 Å². The molecule has 0 bridgehead atoms. The minimum atomic E-state index is -0.693. The van der Waals surface area contributed by atoms with E-state index in [0.29, 0.717) is 19.5 Å². The summed E-state index contributed by atoms with van der Waals surface area (Å²) in [6.45, 7) is 0.791. The molecule has 4 rings (SSSR count). The first-order valence-corrected chi connectivity index (χ1v) is 8.74. The quantitative estimate of drug-likeness (QED) is 0.814. The Bertz CT molecular complexity index is 862. The van der Waals surface area contributed by atoms with Gasteiger partial charge >= 0.3 is 0 Å². The first-order valence-electron chi connectivity index (χ1n) is 8.74. The van der Waals surface area contributed by atoms with Crippen LogP contribution < -0.4 is 5.32 Å². The number of hydrogen-bond acceptors (Lipinski definition) is 5. The third-order valence-corrected chi connectivity index (χ3v) is 4.98. The molecule has 2 N–H and O–H groups in total. The molecular formula is C19H19N3O5. The number of amides is 3. The number of nitrogens with zero attached hydrogens (tertiary/aromatic N) is 2. The van der Waals surface area contributed by atoms with Gasteiger partial charge in [0.05, 0.1) is 12.8 Å². The number of carbonyl (C=O) groups is 3. The number of rotatable bonds is 3. The molecule has 3 amide bonds. The summed E-state index contributed by atoms with van der Waals surface area (Å²) >= 11 is 0. The Kier molecular flexibility index (Phi) is 4.31. The van der Waals surface area contributed by atoms with Gasteiger partial charge in [-0.3, -0.25) is 14.4 Å². The summed E-state index contributed by atoms with van der Waals surface area (Å²) in [6, 6.07) is 8.41. The molecule has 2 aliphatic rings. The van der Waals surface area contributed by atoms with Gasteiger partial charge in [0, 0.05) is 19.5 Å². The number of carbonyl (C=O) groups excluding carboxylic acids is 3. The second-order valence-electron chi connectivity index (χ2n) is 6.71. The van der Waals surface area contributed by atoms with Crippen LogP contribution in [-0.2, 0) is 16.0 Å². The molecule has 2 saturated heterocycles. The number of hydrogen-bond donors (Lipinski definition) is 2. The first kappa shape index (κ1) is 17.1. The maximum atomic E-state index is 12.8. The van der Waals surface area contributed by atoms with Crippen molar-refractivity contribution in [3.63, 3.8) is 0 Å². The van der Waals surface area contributed by atoms with Crippen LogP contribution in [0.15, 0.2) is 47.1 Å². The largest absolute Gasteiger partial charge is 0.508 e. The highest BCUT2D eigenvalue weighted by atomic mass is 16.3. The summed E-state index contributed by atoms with van der Waals surface area (Å²) in [4.78, 5) is 40.9. The van der Waals surface area contributed by atoms with Crippen molar-refractivity contribution in [2.45, 2.75) is 18.5 Å². The van der Waals surface area contributed by atoms with Crippen LogP contribution in [-0.4, -0.2) is 64.3 Å². The average molecular weight is 369 g/mol. The zero-order chi connectivity index (χ0) is 19.0. The topological polar surface area (TPSA) is 103 Å². The molecule has 0 spiro atoms. The first-order chi connectivity index (χ1) is 13.0. The van der Waals surface area contributed by atoms with Crippen molar-refractivity contribution >= 4 is 17.7 Å². The molecule has 1 aromatic carbocycles. The summed E-state index contributed by atoms with van der Waals surface area (Å²) in [5.41, 5.74) is 0.844. The van der Waals surface area contributed by atoms with Gasteiger partial charge in [0.15, 0.2) is 5.76 Å². The Labute approximate surface area is 155 Å². The second-order valence-corrected chi connectivity index (χ2v) is 6.71. The lowest BCUT2D eigenvalue weighted by Crippen LogP contribution is -2.70. The van der Waals surface area contributed by atoms with E-state index < -0.39 is 12.1 Å². The zero-order valence-corrected chi connectivity index (χ0v) is 14.5. The molecule has 27 heavy (non-hydrogen) atoms. The number of fused-ring (bicyclic) bond motifs is 1. The predicted octanol–water partition coefficient (Wildman–Crippen LogP) is 0.379. The SMILES string of the molecule is O=C1N[C@@H](Cc2ccc(O)cc2)C(=O)N2CCN(C(=O)c3ccco3)C[C@H]12. The van der Waals surface area contributed by atoms with E-state index in [1.165, 1.54) is 11.2 Å². The van der Waals surface area contributed by atoms with E-state index in [4.69, 9.17) is 4.42 Å². The standard InChI is InChI=1S/C19H19N3O5/c23-13-5-3-12(4-6-13)10-14-18(25)22-8-7-21(11-15(22)17(24)20-14)19(26)16-2-1-9-27-16/h1-6,9,14-15,23H,7-8,10-11H2,(H,20,24)/t14-,15+/m0/s1. The van der Waals surface area contributed by atoms with Crippen LogP contribution in [0.1, 0.15) is 16.1 Å². The summed E-state index contributed by atoms with van der Waals surface area (Å²) in [6.07, 6.45) is 1.78. The number of phenolic OH excluding ortho intramolecular Hbond substituents is 1. The van der Waals surface area contributed by atoms with E-state index in [1.54, 1.807) is 41.3 Å². The third-order valence-electron chi connectivity index (χ3n) is 4.98. The highest BCUT2D eigenvalue weighted by Gasteiger charge is 2.44. The molecule has 0 radical (unpaired) electrons. The number of aromatic hydroxyl groups is 1. The number of benzene rings is 1. The molecule has 0 saturated carbocycles. The van der Waals surface area contributed by atoms with Crippen molar-refractivity contribution in [2.75, 3.05) is 19.6 Å². The van der Waals surface area contributed by atoms with Gasteiger partial charge in [-0.05, 0) is 29.8 Å². The molecule has 0 unspecified atom stereocenters. The second kappa shape index (κ2) is 6.79.